The number of nitrogens with zero attached hydrogens (tertiary/aromatic N) is 2. The summed E-state index contributed by atoms with van der Waals surface area (Å²) < 4.78 is 5.36. The normalized spacial score (nSPS) is 24.0. The van der Waals surface area contributed by atoms with Crippen LogP contribution < -0.4 is 0 Å². The number of esters is 1. The Morgan fingerprint density at radius 3 is 2.44 bits per heavy atom. The number of rotatable bonds is 4. The second-order valence-electron chi connectivity index (χ2n) is 6.81. The zero-order valence-electron chi connectivity index (χ0n) is 14.2. The third-order valence-electron chi connectivity index (χ3n) is 5.23. The molecule has 25 heavy (non-hydrogen) atoms. The molecule has 0 radical (unpaired) electrons. The van der Waals surface area contributed by atoms with Crippen LogP contribution in [0.3, 0.4) is 0 Å². The summed E-state index contributed by atoms with van der Waals surface area (Å²) in [5.41, 5.74) is 0.585. The highest BCUT2D eigenvalue weighted by atomic mass is 16.6. The van der Waals surface area contributed by atoms with Gasteiger partial charge < -0.3 is 9.64 Å². The summed E-state index contributed by atoms with van der Waals surface area (Å²) in [6, 6.07) is 6.07. The molecule has 0 unspecified atom stereocenters. The molecule has 1 amide bonds. The highest BCUT2D eigenvalue weighted by Gasteiger charge is 2.43. The molecule has 1 aliphatic heterocycles. The molecule has 2 aliphatic rings. The van der Waals surface area contributed by atoms with E-state index in [1.54, 1.807) is 24.1 Å². The van der Waals surface area contributed by atoms with Crippen LogP contribution in [-0.4, -0.2) is 34.8 Å². The molecule has 7 nitrogen and oxygen atoms in total. The van der Waals surface area contributed by atoms with E-state index in [1.807, 2.05) is 0 Å². The summed E-state index contributed by atoms with van der Waals surface area (Å²) in [6.45, 7) is 0. The van der Waals surface area contributed by atoms with E-state index in [1.165, 1.54) is 18.6 Å². The lowest BCUT2D eigenvalue weighted by molar-refractivity contribution is -0.384. The van der Waals surface area contributed by atoms with Crippen molar-refractivity contribution in [2.45, 2.75) is 50.7 Å². The first-order valence-electron chi connectivity index (χ1n) is 8.68. The Morgan fingerprint density at radius 2 is 1.84 bits per heavy atom. The zero-order chi connectivity index (χ0) is 18.0. The maximum atomic E-state index is 12.9. The Morgan fingerprint density at radius 1 is 1.20 bits per heavy atom. The van der Waals surface area contributed by atoms with Gasteiger partial charge in [-0.1, -0.05) is 19.3 Å². The summed E-state index contributed by atoms with van der Waals surface area (Å²) in [5.74, 6) is -1.05. The van der Waals surface area contributed by atoms with Gasteiger partial charge in [0.15, 0.2) is 0 Å². The molecule has 3 rings (SSSR count). The number of nitro benzene ring substituents is 1. The van der Waals surface area contributed by atoms with Gasteiger partial charge in [0, 0.05) is 25.2 Å². The summed E-state index contributed by atoms with van der Waals surface area (Å²) in [7, 11) is 1.80. The van der Waals surface area contributed by atoms with Crippen LogP contribution in [0.1, 0.15) is 50.2 Å². The van der Waals surface area contributed by atoms with Crippen molar-refractivity contribution in [2.24, 2.45) is 5.92 Å². The molecule has 1 aliphatic carbocycles. The average molecular weight is 346 g/mol. The Labute approximate surface area is 146 Å². The van der Waals surface area contributed by atoms with E-state index in [0.717, 1.165) is 25.7 Å². The number of ether oxygens (including phenoxy) is 1. The van der Waals surface area contributed by atoms with Crippen molar-refractivity contribution in [1.29, 1.82) is 0 Å². The van der Waals surface area contributed by atoms with Crippen LogP contribution in [0.5, 0.6) is 0 Å². The molecule has 1 saturated heterocycles. The first kappa shape index (κ1) is 17.4. The third kappa shape index (κ3) is 3.65. The van der Waals surface area contributed by atoms with Crippen LogP contribution in [0.15, 0.2) is 24.3 Å². The molecule has 1 aromatic rings. The van der Waals surface area contributed by atoms with Crippen molar-refractivity contribution >= 4 is 17.6 Å². The van der Waals surface area contributed by atoms with Crippen molar-refractivity contribution in [1.82, 2.24) is 4.90 Å². The van der Waals surface area contributed by atoms with Crippen molar-refractivity contribution in [3.63, 3.8) is 0 Å². The predicted molar refractivity (Wildman–Crippen MR) is 89.7 cm³/mol. The summed E-state index contributed by atoms with van der Waals surface area (Å²) in [4.78, 5) is 36.8. The molecule has 0 N–H and O–H groups in total. The van der Waals surface area contributed by atoms with Crippen molar-refractivity contribution < 1.29 is 19.2 Å². The maximum absolute atomic E-state index is 12.9. The molecular weight excluding hydrogens is 324 g/mol. The van der Waals surface area contributed by atoms with Crippen molar-refractivity contribution in [2.75, 3.05) is 7.05 Å². The average Bonchev–Trinajstić information content (AvgIpc) is 3.03. The molecule has 7 heteroatoms. The van der Waals surface area contributed by atoms with Gasteiger partial charge in [-0.2, -0.15) is 0 Å². The first-order valence-corrected chi connectivity index (χ1v) is 8.68. The van der Waals surface area contributed by atoms with E-state index in [4.69, 9.17) is 4.74 Å². The largest absolute Gasteiger partial charge is 0.457 e. The molecule has 0 spiro atoms. The fourth-order valence-corrected chi connectivity index (χ4v) is 3.77. The third-order valence-corrected chi connectivity index (χ3v) is 5.23. The molecule has 2 atom stereocenters. The van der Waals surface area contributed by atoms with Gasteiger partial charge in [0.1, 0.15) is 6.10 Å². The van der Waals surface area contributed by atoms with Gasteiger partial charge in [-0.05, 0) is 30.5 Å². The van der Waals surface area contributed by atoms with Gasteiger partial charge in [0.25, 0.3) is 5.69 Å². The van der Waals surface area contributed by atoms with Crippen LogP contribution in [0.25, 0.3) is 0 Å². The first-order chi connectivity index (χ1) is 12.0. The van der Waals surface area contributed by atoms with Crippen LogP contribution in [0.2, 0.25) is 0 Å². The van der Waals surface area contributed by atoms with E-state index in [9.17, 15) is 19.7 Å². The minimum atomic E-state index is -0.674. The van der Waals surface area contributed by atoms with Crippen LogP contribution in [-0.2, 0) is 14.3 Å². The highest BCUT2D eigenvalue weighted by Crippen LogP contribution is 2.38. The number of carbonyl (C=O) groups is 2. The van der Waals surface area contributed by atoms with E-state index in [0.29, 0.717) is 5.56 Å². The zero-order valence-corrected chi connectivity index (χ0v) is 14.2. The van der Waals surface area contributed by atoms with Gasteiger partial charge in [-0.15, -0.1) is 0 Å². The molecule has 1 aromatic carbocycles. The standard InChI is InChI=1S/C18H22N2O5/c1-19(13-5-3-2-4-6-13)18(22)15-11-16(21)25-17(15)12-7-9-14(10-8-12)20(23)24/h7-10,13,15,17H,2-6,11H2,1H3/t15-,17+/m0/s1. The quantitative estimate of drug-likeness (QED) is 0.475. The Balaban J connectivity index is 1.77. The molecule has 0 aromatic heterocycles. The smallest absolute Gasteiger partial charge is 0.307 e. The second-order valence-corrected chi connectivity index (χ2v) is 6.81. The van der Waals surface area contributed by atoms with Crippen molar-refractivity contribution in [3.05, 3.63) is 39.9 Å². The van der Waals surface area contributed by atoms with Crippen LogP contribution in [0.4, 0.5) is 5.69 Å². The number of hydrogen-bond acceptors (Lipinski definition) is 5. The molecule has 1 saturated carbocycles. The van der Waals surface area contributed by atoms with E-state index < -0.39 is 22.9 Å². The maximum Gasteiger partial charge on any atom is 0.307 e. The lowest BCUT2D eigenvalue weighted by Crippen LogP contribution is -2.42. The number of non-ortho nitro benzene ring substituents is 1. The summed E-state index contributed by atoms with van der Waals surface area (Å²) in [6.07, 6.45) is 4.80. The minimum Gasteiger partial charge on any atom is -0.457 e. The number of carbonyl (C=O) groups excluding carboxylic acids is 2. The topological polar surface area (TPSA) is 89.8 Å². The Kier molecular flexibility index (Phi) is 5.01. The number of nitro groups is 1. The number of amides is 1. The molecule has 0 bridgehead atoms. The lowest BCUT2D eigenvalue weighted by atomic mass is 9.90. The Hall–Kier alpha value is -2.44. The SMILES string of the molecule is CN(C(=O)[C@H]1CC(=O)O[C@@H]1c1ccc([N+](=O)[O-])cc1)C1CCCCC1. The second kappa shape index (κ2) is 7.21. The lowest BCUT2D eigenvalue weighted by Gasteiger charge is -2.33. The van der Waals surface area contributed by atoms with E-state index >= 15 is 0 Å². The fraction of sp³-hybridized carbons (Fsp3) is 0.556. The van der Waals surface area contributed by atoms with Gasteiger partial charge in [-0.25, -0.2) is 0 Å². The fourth-order valence-electron chi connectivity index (χ4n) is 3.77. The molecule has 134 valence electrons. The number of benzene rings is 1. The van der Waals surface area contributed by atoms with E-state index in [2.05, 4.69) is 0 Å². The minimum absolute atomic E-state index is 0.0322. The van der Waals surface area contributed by atoms with Crippen molar-refractivity contribution in [3.8, 4) is 0 Å². The van der Waals surface area contributed by atoms with Gasteiger partial charge in [0.2, 0.25) is 5.91 Å². The highest BCUT2D eigenvalue weighted by molar-refractivity contribution is 5.87. The molecular formula is C18H22N2O5. The van der Waals surface area contributed by atoms with Gasteiger partial charge >= 0.3 is 5.97 Å². The molecule has 2 fully saturated rings. The molecule has 1 heterocycles. The van der Waals surface area contributed by atoms with Gasteiger partial charge in [0.05, 0.1) is 17.3 Å². The van der Waals surface area contributed by atoms with Crippen LogP contribution in [0, 0.1) is 16.0 Å². The van der Waals surface area contributed by atoms with Gasteiger partial charge in [-0.3, -0.25) is 19.7 Å². The summed E-state index contributed by atoms with van der Waals surface area (Å²) >= 11 is 0. The predicted octanol–water partition coefficient (Wildman–Crippen LogP) is 2.99. The monoisotopic (exact) mass is 346 g/mol. The van der Waals surface area contributed by atoms with Crippen LogP contribution >= 0.6 is 0 Å². The number of hydrogen-bond donors (Lipinski definition) is 0. The number of cyclic esters (lactones) is 1. The summed E-state index contributed by atoms with van der Waals surface area (Å²) in [5, 5.41) is 10.8. The Bertz CT molecular complexity index is 667. The van der Waals surface area contributed by atoms with E-state index in [-0.39, 0.29) is 24.1 Å².